The van der Waals surface area contributed by atoms with Crippen LogP contribution in [0.4, 0.5) is 5.69 Å². The molecule has 0 aliphatic carbocycles. The van der Waals surface area contributed by atoms with E-state index in [1.807, 2.05) is 19.9 Å². The van der Waals surface area contributed by atoms with Gasteiger partial charge < -0.3 is 5.32 Å². The van der Waals surface area contributed by atoms with Gasteiger partial charge in [-0.3, -0.25) is 14.5 Å². The molecule has 5 rings (SSSR count). The van der Waals surface area contributed by atoms with E-state index in [1.165, 1.54) is 5.56 Å². The first kappa shape index (κ1) is 15.8. The minimum absolute atomic E-state index is 0.0366. The smallest absolute Gasteiger partial charge is 0.297 e. The monoisotopic (exact) mass is 361 g/mol. The van der Waals surface area contributed by atoms with E-state index in [0.29, 0.717) is 11.5 Å². The quantitative estimate of drug-likeness (QED) is 0.585. The SMILES string of the molecule is CC(C)n1c(-c2ccc3c(c2)CCN3)nn2c(-c3cn[nH]c3)cnc2c1=O. The molecule has 3 aromatic heterocycles. The van der Waals surface area contributed by atoms with Crippen molar-refractivity contribution in [2.45, 2.75) is 26.3 Å². The van der Waals surface area contributed by atoms with Crippen LogP contribution in [0.25, 0.3) is 28.3 Å². The van der Waals surface area contributed by atoms with Crippen LogP contribution in [-0.2, 0) is 6.42 Å². The minimum Gasteiger partial charge on any atom is -0.384 e. The molecule has 0 bridgehead atoms. The Balaban J connectivity index is 1.81. The average Bonchev–Trinajstić information content (AvgIpc) is 3.39. The van der Waals surface area contributed by atoms with E-state index in [-0.39, 0.29) is 11.6 Å². The molecule has 1 aromatic carbocycles. The summed E-state index contributed by atoms with van der Waals surface area (Å²) in [4.78, 5) is 17.5. The Morgan fingerprint density at radius 1 is 1.19 bits per heavy atom. The van der Waals surface area contributed by atoms with Crippen molar-refractivity contribution in [1.82, 2.24) is 29.4 Å². The number of rotatable bonds is 3. The molecule has 0 saturated heterocycles. The Kier molecular flexibility index (Phi) is 3.40. The number of nitrogens with zero attached hydrogens (tertiary/aromatic N) is 5. The van der Waals surface area contributed by atoms with Crippen molar-refractivity contribution in [2.75, 3.05) is 11.9 Å². The number of fused-ring (bicyclic) bond motifs is 2. The predicted octanol–water partition coefficient (Wildman–Crippen LogP) is 2.50. The molecule has 4 heterocycles. The van der Waals surface area contributed by atoms with E-state index < -0.39 is 0 Å². The van der Waals surface area contributed by atoms with Crippen LogP contribution in [0.3, 0.4) is 0 Å². The standard InChI is InChI=1S/C19H19N7O/c1-11(2)25-17(13-3-4-15-12(7-13)5-6-20-15)24-26-16(14-8-22-23-9-14)10-21-18(26)19(25)27/h3-4,7-11,20H,5-6H2,1-2H3,(H,22,23). The molecule has 0 saturated carbocycles. The van der Waals surface area contributed by atoms with Gasteiger partial charge in [0.2, 0.25) is 5.65 Å². The molecule has 0 unspecified atom stereocenters. The largest absolute Gasteiger partial charge is 0.384 e. The van der Waals surface area contributed by atoms with Crippen molar-refractivity contribution >= 4 is 11.3 Å². The van der Waals surface area contributed by atoms with Crippen molar-refractivity contribution < 1.29 is 0 Å². The van der Waals surface area contributed by atoms with Crippen molar-refractivity contribution in [2.24, 2.45) is 0 Å². The number of H-pyrrole nitrogens is 1. The van der Waals surface area contributed by atoms with Gasteiger partial charge in [0.15, 0.2) is 5.82 Å². The molecule has 136 valence electrons. The normalized spacial score (nSPS) is 13.3. The molecule has 1 aliphatic heterocycles. The highest BCUT2D eigenvalue weighted by Gasteiger charge is 2.20. The number of anilines is 1. The third-order valence-electron chi connectivity index (χ3n) is 4.95. The molecule has 27 heavy (non-hydrogen) atoms. The van der Waals surface area contributed by atoms with E-state index in [9.17, 15) is 4.79 Å². The van der Waals surface area contributed by atoms with Gasteiger partial charge in [0, 0.05) is 35.6 Å². The lowest BCUT2D eigenvalue weighted by atomic mass is 10.1. The second-order valence-corrected chi connectivity index (χ2v) is 7.01. The summed E-state index contributed by atoms with van der Waals surface area (Å²) in [5.74, 6) is 0.639. The van der Waals surface area contributed by atoms with E-state index in [4.69, 9.17) is 5.10 Å². The molecule has 0 fully saturated rings. The van der Waals surface area contributed by atoms with Crippen LogP contribution in [0, 0.1) is 0 Å². The minimum atomic E-state index is -0.150. The molecule has 8 nitrogen and oxygen atoms in total. The fraction of sp³-hybridized carbons (Fsp3) is 0.263. The maximum absolute atomic E-state index is 13.2. The van der Waals surface area contributed by atoms with Crippen LogP contribution in [-0.4, -0.2) is 35.9 Å². The van der Waals surface area contributed by atoms with Crippen LogP contribution in [0.1, 0.15) is 25.5 Å². The molecule has 0 amide bonds. The Labute approximate surface area is 154 Å². The predicted molar refractivity (Wildman–Crippen MR) is 103 cm³/mol. The summed E-state index contributed by atoms with van der Waals surface area (Å²) in [6.45, 7) is 4.91. The van der Waals surface area contributed by atoms with E-state index in [1.54, 1.807) is 27.7 Å². The molecule has 8 heteroatoms. The van der Waals surface area contributed by atoms with Crippen LogP contribution in [0.2, 0.25) is 0 Å². The second-order valence-electron chi connectivity index (χ2n) is 7.01. The fourth-order valence-electron chi connectivity index (χ4n) is 3.65. The van der Waals surface area contributed by atoms with Gasteiger partial charge in [-0.25, -0.2) is 9.50 Å². The molecule has 0 spiro atoms. The van der Waals surface area contributed by atoms with Gasteiger partial charge >= 0.3 is 0 Å². The molecular weight excluding hydrogens is 342 g/mol. The Hall–Kier alpha value is -3.42. The van der Waals surface area contributed by atoms with Gasteiger partial charge in [0.25, 0.3) is 5.56 Å². The molecule has 4 aromatic rings. The average molecular weight is 361 g/mol. The van der Waals surface area contributed by atoms with E-state index >= 15 is 0 Å². The number of imidazole rings is 1. The number of aromatic nitrogens is 6. The highest BCUT2D eigenvalue weighted by molar-refractivity contribution is 5.67. The highest BCUT2D eigenvalue weighted by Crippen LogP contribution is 2.29. The molecule has 0 atom stereocenters. The first-order valence-electron chi connectivity index (χ1n) is 9.00. The van der Waals surface area contributed by atoms with Crippen LogP contribution in [0.15, 0.2) is 41.6 Å². The van der Waals surface area contributed by atoms with Gasteiger partial charge in [0.05, 0.1) is 18.1 Å². The summed E-state index contributed by atoms with van der Waals surface area (Å²) < 4.78 is 3.33. The topological polar surface area (TPSA) is 92.9 Å². The van der Waals surface area contributed by atoms with Gasteiger partial charge in [0.1, 0.15) is 0 Å². The van der Waals surface area contributed by atoms with Gasteiger partial charge in [-0.15, -0.1) is 5.10 Å². The Morgan fingerprint density at radius 2 is 2.07 bits per heavy atom. The van der Waals surface area contributed by atoms with Crippen molar-refractivity contribution in [1.29, 1.82) is 0 Å². The van der Waals surface area contributed by atoms with Crippen molar-refractivity contribution in [3.63, 3.8) is 0 Å². The maximum Gasteiger partial charge on any atom is 0.297 e. The van der Waals surface area contributed by atoms with Gasteiger partial charge in [-0.05, 0) is 44.0 Å². The van der Waals surface area contributed by atoms with Gasteiger partial charge in [-0.1, -0.05) is 0 Å². The maximum atomic E-state index is 13.2. The number of aromatic amines is 1. The summed E-state index contributed by atoms with van der Waals surface area (Å²) in [6.07, 6.45) is 6.10. The first-order chi connectivity index (χ1) is 13.1. The summed E-state index contributed by atoms with van der Waals surface area (Å²) in [5, 5.41) is 15.0. The number of hydrogen-bond donors (Lipinski definition) is 2. The lowest BCUT2D eigenvalue weighted by molar-refractivity contribution is 0.566. The van der Waals surface area contributed by atoms with Crippen molar-refractivity contribution in [3.8, 4) is 22.6 Å². The third-order valence-corrected chi connectivity index (χ3v) is 4.95. The summed E-state index contributed by atoms with van der Waals surface area (Å²) in [7, 11) is 0. The number of hydrogen-bond acceptors (Lipinski definition) is 5. The summed E-state index contributed by atoms with van der Waals surface area (Å²) >= 11 is 0. The zero-order chi connectivity index (χ0) is 18.5. The Bertz CT molecular complexity index is 1200. The second kappa shape index (κ2) is 5.80. The zero-order valence-corrected chi connectivity index (χ0v) is 15.1. The Morgan fingerprint density at radius 3 is 2.85 bits per heavy atom. The lowest BCUT2D eigenvalue weighted by Crippen LogP contribution is -2.27. The van der Waals surface area contributed by atoms with Crippen LogP contribution in [0.5, 0.6) is 0 Å². The van der Waals surface area contributed by atoms with E-state index in [0.717, 1.165) is 35.5 Å². The van der Waals surface area contributed by atoms with E-state index in [2.05, 4.69) is 32.6 Å². The first-order valence-corrected chi connectivity index (χ1v) is 9.00. The fourth-order valence-corrected chi connectivity index (χ4v) is 3.65. The van der Waals surface area contributed by atoms with Crippen LogP contribution >= 0.6 is 0 Å². The zero-order valence-electron chi connectivity index (χ0n) is 15.1. The molecule has 2 N–H and O–H groups in total. The lowest BCUT2D eigenvalue weighted by Gasteiger charge is -2.16. The molecular formula is C19H19N7O. The van der Waals surface area contributed by atoms with Crippen molar-refractivity contribution in [3.05, 3.63) is 52.7 Å². The van der Waals surface area contributed by atoms with Crippen LogP contribution < -0.4 is 10.9 Å². The molecule has 0 radical (unpaired) electrons. The summed E-state index contributed by atoms with van der Waals surface area (Å²) in [6, 6.07) is 6.16. The molecule has 1 aliphatic rings. The summed E-state index contributed by atoms with van der Waals surface area (Å²) in [5.41, 5.74) is 5.06. The number of nitrogens with one attached hydrogen (secondary N) is 2. The van der Waals surface area contributed by atoms with Gasteiger partial charge in [-0.2, -0.15) is 5.10 Å². The highest BCUT2D eigenvalue weighted by atomic mass is 16.1. The third kappa shape index (κ3) is 2.37. The number of benzene rings is 1.